The van der Waals surface area contributed by atoms with Crippen LogP contribution in [0, 0.1) is 0 Å². The maximum atomic E-state index is 10.9. The SMILES string of the molecule is O=c1[nH]nc(C2CCCc3sccc32)o1. The average molecular weight is 222 g/mol. The molecule has 1 atom stereocenters. The monoisotopic (exact) mass is 222 g/mol. The predicted molar refractivity (Wildman–Crippen MR) is 56.2 cm³/mol. The molecule has 78 valence electrons. The van der Waals surface area contributed by atoms with E-state index in [1.54, 1.807) is 11.3 Å². The molecule has 1 N–H and O–H groups in total. The molecule has 3 rings (SSSR count). The van der Waals surface area contributed by atoms with E-state index in [9.17, 15) is 4.79 Å². The van der Waals surface area contributed by atoms with Crippen molar-refractivity contribution in [2.45, 2.75) is 25.2 Å². The quantitative estimate of drug-likeness (QED) is 0.801. The molecule has 15 heavy (non-hydrogen) atoms. The van der Waals surface area contributed by atoms with Gasteiger partial charge in [-0.2, -0.15) is 0 Å². The van der Waals surface area contributed by atoms with Gasteiger partial charge in [0, 0.05) is 4.88 Å². The van der Waals surface area contributed by atoms with Crippen LogP contribution < -0.4 is 5.76 Å². The van der Waals surface area contributed by atoms with Gasteiger partial charge in [-0.15, -0.1) is 16.4 Å². The van der Waals surface area contributed by atoms with Crippen LogP contribution in [0.25, 0.3) is 0 Å². The lowest BCUT2D eigenvalue weighted by atomic mass is 9.88. The normalized spacial score (nSPS) is 20.1. The minimum Gasteiger partial charge on any atom is -0.392 e. The molecule has 0 amide bonds. The molecule has 0 saturated heterocycles. The maximum Gasteiger partial charge on any atom is 0.434 e. The van der Waals surface area contributed by atoms with Gasteiger partial charge in [-0.25, -0.2) is 9.89 Å². The van der Waals surface area contributed by atoms with Crippen molar-refractivity contribution >= 4 is 11.3 Å². The van der Waals surface area contributed by atoms with Crippen molar-refractivity contribution in [3.63, 3.8) is 0 Å². The number of nitrogens with zero attached hydrogens (tertiary/aromatic N) is 1. The Bertz CT molecular complexity index is 525. The van der Waals surface area contributed by atoms with E-state index in [1.807, 2.05) is 0 Å². The number of aryl methyl sites for hydroxylation is 1. The van der Waals surface area contributed by atoms with E-state index in [0.29, 0.717) is 5.89 Å². The first kappa shape index (κ1) is 8.91. The molecule has 4 nitrogen and oxygen atoms in total. The number of rotatable bonds is 1. The van der Waals surface area contributed by atoms with Crippen molar-refractivity contribution in [3.05, 3.63) is 38.3 Å². The van der Waals surface area contributed by atoms with Crippen molar-refractivity contribution in [1.29, 1.82) is 0 Å². The summed E-state index contributed by atoms with van der Waals surface area (Å²) in [5, 5.41) is 8.33. The first-order valence-electron chi connectivity index (χ1n) is 4.96. The third kappa shape index (κ3) is 1.43. The Morgan fingerprint density at radius 3 is 3.33 bits per heavy atom. The Balaban J connectivity index is 2.06. The Hall–Kier alpha value is -1.36. The summed E-state index contributed by atoms with van der Waals surface area (Å²) in [5.41, 5.74) is 1.28. The lowest BCUT2D eigenvalue weighted by Crippen LogP contribution is -2.08. The van der Waals surface area contributed by atoms with Crippen molar-refractivity contribution in [2.24, 2.45) is 0 Å². The Labute approximate surface area is 89.9 Å². The van der Waals surface area contributed by atoms with Crippen molar-refractivity contribution < 1.29 is 4.42 Å². The van der Waals surface area contributed by atoms with Crippen LogP contribution in [0.3, 0.4) is 0 Å². The summed E-state index contributed by atoms with van der Waals surface area (Å²) >= 11 is 1.77. The molecule has 0 radical (unpaired) electrons. The van der Waals surface area contributed by atoms with Gasteiger partial charge in [-0.3, -0.25) is 0 Å². The molecule has 0 aromatic carbocycles. The van der Waals surface area contributed by atoms with Crippen LogP contribution in [0.2, 0.25) is 0 Å². The first-order chi connectivity index (χ1) is 7.34. The average Bonchev–Trinajstić information content (AvgIpc) is 2.84. The molecular weight excluding hydrogens is 212 g/mol. The number of H-pyrrole nitrogens is 1. The van der Waals surface area contributed by atoms with E-state index in [-0.39, 0.29) is 5.92 Å². The first-order valence-corrected chi connectivity index (χ1v) is 5.84. The fraction of sp³-hybridized carbons (Fsp3) is 0.400. The summed E-state index contributed by atoms with van der Waals surface area (Å²) in [6, 6.07) is 2.11. The smallest absolute Gasteiger partial charge is 0.392 e. The number of hydrogen-bond donors (Lipinski definition) is 1. The largest absolute Gasteiger partial charge is 0.434 e. The molecule has 5 heteroatoms. The lowest BCUT2D eigenvalue weighted by molar-refractivity contribution is 0.422. The molecule has 0 spiro atoms. The summed E-state index contributed by atoms with van der Waals surface area (Å²) in [7, 11) is 0. The van der Waals surface area contributed by atoms with Crippen LogP contribution in [-0.2, 0) is 6.42 Å². The number of aromatic amines is 1. The summed E-state index contributed by atoms with van der Waals surface area (Å²) in [6.07, 6.45) is 3.28. The van der Waals surface area contributed by atoms with Crippen LogP contribution in [0.5, 0.6) is 0 Å². The van der Waals surface area contributed by atoms with Gasteiger partial charge < -0.3 is 4.42 Å². The summed E-state index contributed by atoms with van der Waals surface area (Å²) < 4.78 is 5.03. The van der Waals surface area contributed by atoms with E-state index in [1.165, 1.54) is 10.4 Å². The molecule has 2 heterocycles. The van der Waals surface area contributed by atoms with Crippen LogP contribution in [0.1, 0.15) is 35.1 Å². The van der Waals surface area contributed by atoms with Gasteiger partial charge in [0.25, 0.3) is 0 Å². The van der Waals surface area contributed by atoms with Crippen molar-refractivity contribution in [3.8, 4) is 0 Å². The van der Waals surface area contributed by atoms with Crippen LogP contribution in [-0.4, -0.2) is 10.2 Å². The second kappa shape index (κ2) is 3.34. The highest BCUT2D eigenvalue weighted by molar-refractivity contribution is 7.10. The van der Waals surface area contributed by atoms with E-state index >= 15 is 0 Å². The number of fused-ring (bicyclic) bond motifs is 1. The van der Waals surface area contributed by atoms with E-state index in [0.717, 1.165) is 19.3 Å². The van der Waals surface area contributed by atoms with Crippen LogP contribution >= 0.6 is 11.3 Å². The fourth-order valence-corrected chi connectivity index (χ4v) is 3.12. The molecule has 0 saturated carbocycles. The molecule has 0 bridgehead atoms. The minimum atomic E-state index is -0.465. The standard InChI is InChI=1S/C10H10N2O2S/c13-10-12-11-9(14-10)7-2-1-3-8-6(7)4-5-15-8/h4-5,7H,1-3H2,(H,12,13). The Kier molecular flexibility index (Phi) is 1.98. The van der Waals surface area contributed by atoms with Gasteiger partial charge in [0.15, 0.2) is 0 Å². The van der Waals surface area contributed by atoms with Gasteiger partial charge in [-0.1, -0.05) is 0 Å². The lowest BCUT2D eigenvalue weighted by Gasteiger charge is -2.18. The molecule has 2 aromatic heterocycles. The van der Waals surface area contributed by atoms with Gasteiger partial charge in [0.05, 0.1) is 5.92 Å². The van der Waals surface area contributed by atoms with E-state index in [2.05, 4.69) is 21.6 Å². The molecule has 0 fully saturated rings. The van der Waals surface area contributed by atoms with Crippen molar-refractivity contribution in [1.82, 2.24) is 10.2 Å². The molecule has 1 aliphatic rings. The Morgan fingerprint density at radius 1 is 1.60 bits per heavy atom. The van der Waals surface area contributed by atoms with E-state index in [4.69, 9.17) is 4.42 Å². The number of hydrogen-bond acceptors (Lipinski definition) is 4. The highest BCUT2D eigenvalue weighted by Crippen LogP contribution is 2.37. The maximum absolute atomic E-state index is 10.9. The van der Waals surface area contributed by atoms with Crippen LogP contribution in [0.15, 0.2) is 20.7 Å². The predicted octanol–water partition coefficient (Wildman–Crippen LogP) is 1.89. The Morgan fingerprint density at radius 2 is 2.53 bits per heavy atom. The van der Waals surface area contributed by atoms with Crippen molar-refractivity contribution in [2.75, 3.05) is 0 Å². The molecule has 2 aromatic rings. The summed E-state index contributed by atoms with van der Waals surface area (Å²) in [6.45, 7) is 0. The van der Waals surface area contributed by atoms with Crippen LogP contribution in [0.4, 0.5) is 0 Å². The van der Waals surface area contributed by atoms with Gasteiger partial charge in [-0.05, 0) is 36.3 Å². The zero-order valence-corrected chi connectivity index (χ0v) is 8.84. The fourth-order valence-electron chi connectivity index (χ4n) is 2.13. The molecular formula is C10H10N2O2S. The number of nitrogens with one attached hydrogen (secondary N) is 1. The highest BCUT2D eigenvalue weighted by Gasteiger charge is 2.26. The molecule has 0 aliphatic heterocycles. The molecule has 1 aliphatic carbocycles. The van der Waals surface area contributed by atoms with Gasteiger partial charge in [0.2, 0.25) is 5.89 Å². The molecule has 1 unspecified atom stereocenters. The number of aromatic nitrogens is 2. The topological polar surface area (TPSA) is 58.9 Å². The second-order valence-corrected chi connectivity index (χ2v) is 4.70. The number of thiophene rings is 1. The second-order valence-electron chi connectivity index (χ2n) is 3.70. The third-order valence-electron chi connectivity index (χ3n) is 2.80. The van der Waals surface area contributed by atoms with E-state index < -0.39 is 5.76 Å². The van der Waals surface area contributed by atoms with Gasteiger partial charge in [0.1, 0.15) is 0 Å². The minimum absolute atomic E-state index is 0.166. The summed E-state index contributed by atoms with van der Waals surface area (Å²) in [4.78, 5) is 12.3. The zero-order chi connectivity index (χ0) is 10.3. The zero-order valence-electron chi connectivity index (χ0n) is 8.03. The van der Waals surface area contributed by atoms with Gasteiger partial charge >= 0.3 is 5.76 Å². The third-order valence-corrected chi connectivity index (χ3v) is 3.80. The summed E-state index contributed by atoms with van der Waals surface area (Å²) in [5.74, 6) is 0.227. The highest BCUT2D eigenvalue weighted by atomic mass is 32.1.